The van der Waals surface area contributed by atoms with Crippen molar-refractivity contribution in [2.75, 3.05) is 0 Å². The molecule has 1 fully saturated rings. The highest BCUT2D eigenvalue weighted by atomic mass is 32.2. The average Bonchev–Trinajstić information content (AvgIpc) is 3.40. The van der Waals surface area contributed by atoms with Gasteiger partial charge in [-0.3, -0.25) is 9.59 Å². The first-order chi connectivity index (χ1) is 23.0. The average molecular weight is 684 g/mol. The second-order valence-electron chi connectivity index (χ2n) is 10.9. The second kappa shape index (κ2) is 13.8. The molecule has 2 amide bonds. The lowest BCUT2D eigenvalue weighted by atomic mass is 10.1. The smallest absolute Gasteiger partial charge is 0.264 e. The van der Waals surface area contributed by atoms with Crippen LogP contribution in [0, 0.1) is 18.6 Å². The number of hydrogen-bond donors (Lipinski definition) is 2. The highest BCUT2D eigenvalue weighted by Crippen LogP contribution is 2.33. The molecule has 8 nitrogen and oxygen atoms in total. The van der Waals surface area contributed by atoms with E-state index in [9.17, 15) is 26.8 Å². The predicted molar refractivity (Wildman–Crippen MR) is 182 cm³/mol. The molecule has 1 aliphatic heterocycles. The van der Waals surface area contributed by atoms with Crippen LogP contribution in [0.1, 0.15) is 22.3 Å². The van der Waals surface area contributed by atoms with E-state index < -0.39 is 21.7 Å². The Morgan fingerprint density at radius 3 is 2.31 bits per heavy atom. The summed E-state index contributed by atoms with van der Waals surface area (Å²) in [6.07, 6.45) is 1.50. The molecule has 12 heteroatoms. The van der Waals surface area contributed by atoms with Crippen LogP contribution in [-0.4, -0.2) is 25.4 Å². The highest BCUT2D eigenvalue weighted by molar-refractivity contribution is 8.18. The molecular formula is C36H27F2N3O5S2. The summed E-state index contributed by atoms with van der Waals surface area (Å²) < 4.78 is 60.3. The number of aryl methyl sites for hydroxylation is 1. The summed E-state index contributed by atoms with van der Waals surface area (Å²) in [5.74, 6) is -1.57. The lowest BCUT2D eigenvalue weighted by Crippen LogP contribution is -2.31. The molecular weight excluding hydrogens is 657 g/mol. The number of thioether (sulfide) groups is 1. The molecule has 242 valence electrons. The minimum atomic E-state index is -4.24. The molecule has 0 bridgehead atoms. The van der Waals surface area contributed by atoms with Gasteiger partial charge < -0.3 is 10.1 Å². The van der Waals surface area contributed by atoms with E-state index in [2.05, 4.69) is 10.3 Å². The molecule has 0 radical (unpaired) electrons. The van der Waals surface area contributed by atoms with Crippen molar-refractivity contribution >= 4 is 61.3 Å². The van der Waals surface area contributed by atoms with Crippen molar-refractivity contribution in [1.82, 2.24) is 10.0 Å². The quantitative estimate of drug-likeness (QED) is 0.163. The summed E-state index contributed by atoms with van der Waals surface area (Å²) in [7, 11) is -4.24. The number of amidine groups is 1. The summed E-state index contributed by atoms with van der Waals surface area (Å²) in [6, 6.07) is 27.6. The number of ether oxygens (including phenoxy) is 1. The SMILES string of the molecule is Cc1ccc(S(=O)(=O)NC(=O)Cc2ccc(N=C3NC(=O)/C(=C\c4cc5ccccc5cc4OCc4ccc(F)cc4)S3)cc2)cc1F. The molecule has 0 saturated carbocycles. The van der Waals surface area contributed by atoms with E-state index in [1.165, 1.54) is 31.2 Å². The Hall–Kier alpha value is -5.33. The zero-order chi connectivity index (χ0) is 33.8. The number of rotatable bonds is 9. The lowest BCUT2D eigenvalue weighted by Gasteiger charge is -2.12. The first-order valence-electron chi connectivity index (χ1n) is 14.6. The number of halogens is 2. The van der Waals surface area contributed by atoms with Gasteiger partial charge in [0.1, 0.15) is 24.0 Å². The number of benzene rings is 5. The van der Waals surface area contributed by atoms with Crippen LogP contribution in [0.5, 0.6) is 5.75 Å². The topological polar surface area (TPSA) is 114 Å². The van der Waals surface area contributed by atoms with Crippen LogP contribution in [0.4, 0.5) is 14.5 Å². The molecule has 1 aliphatic rings. The van der Waals surface area contributed by atoms with Crippen molar-refractivity contribution in [1.29, 1.82) is 0 Å². The summed E-state index contributed by atoms with van der Waals surface area (Å²) in [4.78, 5) is 30.0. The van der Waals surface area contributed by atoms with E-state index in [-0.39, 0.29) is 35.2 Å². The Morgan fingerprint density at radius 1 is 0.917 bits per heavy atom. The van der Waals surface area contributed by atoms with Gasteiger partial charge in [-0.2, -0.15) is 0 Å². The normalized spacial score (nSPS) is 14.8. The molecule has 0 aliphatic carbocycles. The van der Waals surface area contributed by atoms with Gasteiger partial charge in [-0.05, 0) is 101 Å². The van der Waals surface area contributed by atoms with Crippen LogP contribution < -0.4 is 14.8 Å². The fourth-order valence-corrected chi connectivity index (χ4v) is 6.64. The number of fused-ring (bicyclic) bond motifs is 1. The van der Waals surface area contributed by atoms with Crippen molar-refractivity contribution in [3.63, 3.8) is 0 Å². The Morgan fingerprint density at radius 2 is 1.60 bits per heavy atom. The third-order valence-electron chi connectivity index (χ3n) is 7.36. The van der Waals surface area contributed by atoms with Crippen LogP contribution in [0.25, 0.3) is 16.8 Å². The number of nitrogens with one attached hydrogen (secondary N) is 2. The van der Waals surface area contributed by atoms with E-state index in [0.29, 0.717) is 32.6 Å². The van der Waals surface area contributed by atoms with Gasteiger partial charge in [-0.15, -0.1) is 0 Å². The Kier molecular flexibility index (Phi) is 9.37. The van der Waals surface area contributed by atoms with E-state index in [1.54, 1.807) is 42.5 Å². The van der Waals surface area contributed by atoms with Crippen molar-refractivity contribution in [3.8, 4) is 5.75 Å². The fraction of sp³-hybridized carbons (Fsp3) is 0.0833. The van der Waals surface area contributed by atoms with Crippen LogP contribution in [0.2, 0.25) is 0 Å². The molecule has 0 unspecified atom stereocenters. The minimum absolute atomic E-state index is 0.209. The molecule has 0 aromatic heterocycles. The van der Waals surface area contributed by atoms with Crippen LogP contribution >= 0.6 is 11.8 Å². The maximum atomic E-state index is 13.8. The number of carbonyl (C=O) groups excluding carboxylic acids is 2. The van der Waals surface area contributed by atoms with Gasteiger partial charge in [0.25, 0.3) is 15.9 Å². The summed E-state index contributed by atoms with van der Waals surface area (Å²) >= 11 is 1.16. The van der Waals surface area contributed by atoms with Gasteiger partial charge in [0.2, 0.25) is 5.91 Å². The minimum Gasteiger partial charge on any atom is -0.488 e. The van der Waals surface area contributed by atoms with Crippen molar-refractivity contribution in [2.45, 2.75) is 24.8 Å². The van der Waals surface area contributed by atoms with Gasteiger partial charge >= 0.3 is 0 Å². The first-order valence-corrected chi connectivity index (χ1v) is 16.9. The largest absolute Gasteiger partial charge is 0.488 e. The first kappa shape index (κ1) is 32.6. The van der Waals surface area contributed by atoms with Crippen molar-refractivity contribution in [2.24, 2.45) is 4.99 Å². The molecule has 1 saturated heterocycles. The zero-order valence-electron chi connectivity index (χ0n) is 25.4. The number of amides is 2. The molecule has 6 rings (SSSR count). The predicted octanol–water partition coefficient (Wildman–Crippen LogP) is 6.94. The van der Waals surface area contributed by atoms with Gasteiger partial charge in [-0.25, -0.2) is 26.9 Å². The third-order valence-corrected chi connectivity index (χ3v) is 9.64. The number of carbonyl (C=O) groups is 2. The molecule has 2 N–H and O–H groups in total. The second-order valence-corrected chi connectivity index (χ2v) is 13.6. The number of nitrogens with zero attached hydrogens (tertiary/aromatic N) is 1. The maximum absolute atomic E-state index is 13.8. The Bertz CT molecular complexity index is 2220. The standard InChI is InChI=1S/C36H27F2N3O5S2/c1-22-6-15-30(20-31(22)38)48(44,45)41-34(42)16-23-9-13-29(14-10-23)39-36-40-35(43)33(47-36)19-27-17-25-4-2-3-5-26(25)18-32(27)46-21-24-7-11-28(37)12-8-24/h2-15,17-20H,16,21H2,1H3,(H,41,42)(H,39,40,43)/b33-19+. The van der Waals surface area contributed by atoms with Gasteiger partial charge in [-0.1, -0.05) is 54.6 Å². The van der Waals surface area contributed by atoms with Crippen molar-refractivity contribution in [3.05, 3.63) is 142 Å². The van der Waals surface area contributed by atoms with Gasteiger partial charge in [0, 0.05) is 5.56 Å². The lowest BCUT2D eigenvalue weighted by molar-refractivity contribution is -0.118. The number of hydrogen-bond acceptors (Lipinski definition) is 7. The summed E-state index contributed by atoms with van der Waals surface area (Å²) in [5.41, 5.74) is 2.79. The summed E-state index contributed by atoms with van der Waals surface area (Å²) in [5, 5.41) is 5.04. The van der Waals surface area contributed by atoms with Crippen molar-refractivity contribution < 1.29 is 31.5 Å². The maximum Gasteiger partial charge on any atom is 0.264 e. The molecule has 48 heavy (non-hydrogen) atoms. The van der Waals surface area contributed by atoms with Gasteiger partial charge in [0.15, 0.2) is 5.17 Å². The monoisotopic (exact) mass is 683 g/mol. The van der Waals surface area contributed by atoms with E-state index >= 15 is 0 Å². The Balaban J connectivity index is 1.14. The van der Waals surface area contributed by atoms with Gasteiger partial charge in [0.05, 0.1) is 21.9 Å². The molecule has 5 aromatic carbocycles. The Labute approximate surface area is 279 Å². The molecule has 0 atom stereocenters. The summed E-state index contributed by atoms with van der Waals surface area (Å²) in [6.45, 7) is 1.71. The van der Waals surface area contributed by atoms with E-state index in [0.717, 1.165) is 34.2 Å². The highest BCUT2D eigenvalue weighted by Gasteiger charge is 2.25. The van der Waals surface area contributed by atoms with E-state index in [1.807, 2.05) is 41.1 Å². The number of sulfonamides is 1. The number of aliphatic imine (C=N–C) groups is 1. The van der Waals surface area contributed by atoms with Crippen LogP contribution in [-0.2, 0) is 32.6 Å². The zero-order valence-corrected chi connectivity index (χ0v) is 27.0. The molecule has 0 spiro atoms. The van der Waals surface area contributed by atoms with E-state index in [4.69, 9.17) is 4.74 Å². The third kappa shape index (κ3) is 7.79. The van der Waals surface area contributed by atoms with Crippen LogP contribution in [0.15, 0.2) is 118 Å². The molecule has 5 aromatic rings. The fourth-order valence-electron chi connectivity index (χ4n) is 4.81. The van der Waals surface area contributed by atoms with Crippen LogP contribution in [0.3, 0.4) is 0 Å². The molecule has 1 heterocycles.